The van der Waals surface area contributed by atoms with Gasteiger partial charge in [0.2, 0.25) is 11.5 Å². The van der Waals surface area contributed by atoms with Crippen LogP contribution in [0.25, 0.3) is 22.5 Å². The maximum absolute atomic E-state index is 5.65. The second kappa shape index (κ2) is 9.32. The first kappa shape index (κ1) is 20.5. The minimum absolute atomic E-state index is 0.438. The second-order valence-corrected chi connectivity index (χ2v) is 6.55. The van der Waals surface area contributed by atoms with Crippen molar-refractivity contribution >= 4 is 0 Å². The van der Waals surface area contributed by atoms with Gasteiger partial charge < -0.3 is 18.9 Å². The molecule has 0 fully saturated rings. The number of H-pyrrole nitrogens is 1. The van der Waals surface area contributed by atoms with Gasteiger partial charge in [-0.15, -0.1) is 0 Å². The predicted octanol–water partition coefficient (Wildman–Crippen LogP) is 4.52. The number of nitrogens with zero attached hydrogens (tertiary/aromatic N) is 2. The third-order valence-corrected chi connectivity index (χ3v) is 4.84. The zero-order valence-electron chi connectivity index (χ0n) is 17.5. The molecule has 1 heterocycles. The molecule has 0 amide bonds. The zero-order valence-corrected chi connectivity index (χ0v) is 17.5. The van der Waals surface area contributed by atoms with Crippen molar-refractivity contribution in [1.29, 1.82) is 0 Å². The Bertz CT molecular complexity index is 951. The third kappa shape index (κ3) is 3.99. The lowest BCUT2D eigenvalue weighted by molar-refractivity contribution is 0.306. The van der Waals surface area contributed by atoms with Gasteiger partial charge in [-0.25, -0.2) is 0 Å². The van der Waals surface area contributed by atoms with Gasteiger partial charge in [0, 0.05) is 5.56 Å². The smallest absolute Gasteiger partial charge is 0.207 e. The molecule has 0 unspecified atom stereocenters. The van der Waals surface area contributed by atoms with E-state index in [1.54, 1.807) is 28.4 Å². The number of aryl methyl sites for hydroxylation is 1. The van der Waals surface area contributed by atoms with Gasteiger partial charge in [0.05, 0.1) is 34.0 Å². The summed E-state index contributed by atoms with van der Waals surface area (Å²) in [5, 5.41) is 11.5. The number of hydrogen-bond acceptors (Lipinski definition) is 6. The molecule has 3 rings (SSSR count). The van der Waals surface area contributed by atoms with Gasteiger partial charge in [0.25, 0.3) is 0 Å². The monoisotopic (exact) mass is 397 g/mol. The van der Waals surface area contributed by atoms with E-state index in [1.165, 1.54) is 18.4 Å². The molecule has 1 aromatic heterocycles. The van der Waals surface area contributed by atoms with Crippen LogP contribution < -0.4 is 18.9 Å². The normalized spacial score (nSPS) is 10.7. The van der Waals surface area contributed by atoms with Crippen molar-refractivity contribution < 1.29 is 18.9 Å². The fourth-order valence-electron chi connectivity index (χ4n) is 3.34. The molecule has 0 aliphatic carbocycles. The van der Waals surface area contributed by atoms with Crippen LogP contribution in [0.4, 0.5) is 0 Å². The summed E-state index contributed by atoms with van der Waals surface area (Å²) in [5.74, 6) is 1.91. The minimum atomic E-state index is 0.438. The van der Waals surface area contributed by atoms with Crippen molar-refractivity contribution in [3.63, 3.8) is 0 Å². The van der Waals surface area contributed by atoms with Crippen LogP contribution in [0.5, 0.6) is 23.0 Å². The quantitative estimate of drug-likeness (QED) is 0.572. The minimum Gasteiger partial charge on any atom is -0.493 e. The molecule has 0 atom stereocenters. The number of aromatic amines is 1. The lowest BCUT2D eigenvalue weighted by Crippen LogP contribution is -2.00. The predicted molar refractivity (Wildman–Crippen MR) is 112 cm³/mol. The molecular weight excluding hydrogens is 370 g/mol. The van der Waals surface area contributed by atoms with E-state index in [0.717, 1.165) is 17.7 Å². The largest absolute Gasteiger partial charge is 0.493 e. The van der Waals surface area contributed by atoms with Gasteiger partial charge in [0.1, 0.15) is 11.4 Å². The van der Waals surface area contributed by atoms with Crippen molar-refractivity contribution in [2.45, 2.75) is 26.2 Å². The highest BCUT2D eigenvalue weighted by atomic mass is 16.5. The number of aromatic nitrogens is 3. The summed E-state index contributed by atoms with van der Waals surface area (Å²) in [4.78, 5) is 0. The van der Waals surface area contributed by atoms with Crippen LogP contribution >= 0.6 is 0 Å². The Hall–Kier alpha value is -3.22. The number of ether oxygens (including phenoxy) is 4. The van der Waals surface area contributed by atoms with Crippen LogP contribution in [-0.2, 0) is 6.42 Å². The molecule has 2 aromatic carbocycles. The molecule has 3 aromatic rings. The second-order valence-electron chi connectivity index (χ2n) is 6.55. The molecule has 0 radical (unpaired) electrons. The van der Waals surface area contributed by atoms with Gasteiger partial charge >= 0.3 is 0 Å². The maximum Gasteiger partial charge on any atom is 0.207 e. The molecular formula is C22H27N3O4. The van der Waals surface area contributed by atoms with E-state index >= 15 is 0 Å². The number of benzene rings is 2. The third-order valence-electron chi connectivity index (χ3n) is 4.84. The first-order chi connectivity index (χ1) is 14.2. The molecule has 0 aliphatic heterocycles. The van der Waals surface area contributed by atoms with Crippen molar-refractivity contribution in [2.24, 2.45) is 0 Å². The summed E-state index contributed by atoms with van der Waals surface area (Å²) in [6.45, 7) is 2.20. The van der Waals surface area contributed by atoms with Crippen molar-refractivity contribution in [3.05, 3.63) is 35.9 Å². The lowest BCUT2D eigenvalue weighted by Gasteiger charge is -2.18. The molecule has 0 saturated carbocycles. The molecule has 154 valence electrons. The average molecular weight is 397 g/mol. The van der Waals surface area contributed by atoms with Gasteiger partial charge in [-0.2, -0.15) is 15.4 Å². The van der Waals surface area contributed by atoms with Gasteiger partial charge in [-0.3, -0.25) is 0 Å². The average Bonchev–Trinajstić information content (AvgIpc) is 3.25. The Balaban J connectivity index is 2.10. The van der Waals surface area contributed by atoms with Crippen molar-refractivity contribution in [1.82, 2.24) is 15.4 Å². The molecule has 0 saturated heterocycles. The Morgan fingerprint density at radius 1 is 0.793 bits per heavy atom. The molecule has 0 bridgehead atoms. The topological polar surface area (TPSA) is 78.5 Å². The number of hydrogen-bond donors (Lipinski definition) is 1. The summed E-state index contributed by atoms with van der Waals surface area (Å²) in [7, 11) is 6.27. The fourth-order valence-corrected chi connectivity index (χ4v) is 3.34. The standard InChI is InChI=1S/C22H27N3O4/c1-6-7-8-14-9-11-15(12-10-14)18-19(24-25-23-18)16-13-17(26-2)21(28-4)22(29-5)20(16)27-3/h9-13H,6-8H2,1-5H3,(H,23,24,25). The Morgan fingerprint density at radius 3 is 2.03 bits per heavy atom. The first-order valence-electron chi connectivity index (χ1n) is 9.55. The van der Waals surface area contributed by atoms with E-state index in [1.807, 2.05) is 6.07 Å². The van der Waals surface area contributed by atoms with Crippen LogP contribution in [-0.4, -0.2) is 43.8 Å². The van der Waals surface area contributed by atoms with E-state index in [2.05, 4.69) is 46.6 Å². The molecule has 29 heavy (non-hydrogen) atoms. The summed E-state index contributed by atoms with van der Waals surface area (Å²) in [6.07, 6.45) is 3.43. The molecule has 0 spiro atoms. The zero-order chi connectivity index (χ0) is 20.8. The van der Waals surface area contributed by atoms with Crippen LogP contribution in [0.3, 0.4) is 0 Å². The SMILES string of the molecule is CCCCc1ccc(-c2n[nH]nc2-c2cc(OC)c(OC)c(OC)c2OC)cc1. The molecule has 0 aliphatic rings. The first-order valence-corrected chi connectivity index (χ1v) is 9.55. The number of rotatable bonds is 9. The van der Waals surface area contributed by atoms with Crippen molar-refractivity contribution in [2.75, 3.05) is 28.4 Å². The van der Waals surface area contributed by atoms with Gasteiger partial charge in [0.15, 0.2) is 11.5 Å². The van der Waals surface area contributed by atoms with E-state index in [0.29, 0.717) is 34.3 Å². The number of unbranched alkanes of at least 4 members (excludes halogenated alkanes) is 1. The molecule has 7 heteroatoms. The van der Waals surface area contributed by atoms with E-state index in [-0.39, 0.29) is 0 Å². The Labute approximate surface area is 171 Å². The molecule has 7 nitrogen and oxygen atoms in total. The summed E-state index contributed by atoms with van der Waals surface area (Å²) in [5.41, 5.74) is 4.33. The Kier molecular flexibility index (Phi) is 6.59. The highest BCUT2D eigenvalue weighted by Gasteiger charge is 2.26. The Morgan fingerprint density at radius 2 is 1.45 bits per heavy atom. The van der Waals surface area contributed by atoms with Crippen LogP contribution in [0.15, 0.2) is 30.3 Å². The highest BCUT2D eigenvalue weighted by Crippen LogP contribution is 2.50. The maximum atomic E-state index is 5.65. The van der Waals surface area contributed by atoms with E-state index in [9.17, 15) is 0 Å². The summed E-state index contributed by atoms with van der Waals surface area (Å²) >= 11 is 0. The molecule has 1 N–H and O–H groups in total. The number of methoxy groups -OCH3 is 4. The van der Waals surface area contributed by atoms with Crippen molar-refractivity contribution in [3.8, 4) is 45.5 Å². The fraction of sp³-hybridized carbons (Fsp3) is 0.364. The lowest BCUT2D eigenvalue weighted by atomic mass is 10.0. The summed E-state index contributed by atoms with van der Waals surface area (Å²) < 4.78 is 22.2. The highest BCUT2D eigenvalue weighted by molar-refractivity contribution is 5.85. The van der Waals surface area contributed by atoms with Gasteiger partial charge in [-0.05, 0) is 24.5 Å². The van der Waals surface area contributed by atoms with E-state index < -0.39 is 0 Å². The van der Waals surface area contributed by atoms with E-state index in [4.69, 9.17) is 18.9 Å². The number of nitrogens with one attached hydrogen (secondary N) is 1. The van der Waals surface area contributed by atoms with Crippen LogP contribution in [0.2, 0.25) is 0 Å². The van der Waals surface area contributed by atoms with Crippen LogP contribution in [0.1, 0.15) is 25.3 Å². The summed E-state index contributed by atoms with van der Waals surface area (Å²) in [6, 6.07) is 10.2. The van der Waals surface area contributed by atoms with Crippen LogP contribution in [0, 0.1) is 0 Å². The van der Waals surface area contributed by atoms with Gasteiger partial charge in [-0.1, -0.05) is 37.6 Å².